The Hall–Kier alpha value is -1.35. The maximum Gasteiger partial charge on any atom is 0.163 e. The zero-order chi connectivity index (χ0) is 9.42. The van der Waals surface area contributed by atoms with Gasteiger partial charge in [-0.05, 0) is 30.7 Å². The summed E-state index contributed by atoms with van der Waals surface area (Å²) >= 11 is 5.73. The molecule has 0 spiro atoms. The molecule has 0 aromatic carbocycles. The average Bonchev–Trinajstić information content (AvgIpc) is 2.02. The van der Waals surface area contributed by atoms with Crippen LogP contribution in [-0.2, 0) is 0 Å². The highest BCUT2D eigenvalue weighted by Gasteiger charge is 2.01. The van der Waals surface area contributed by atoms with Crippen LogP contribution in [0.1, 0.15) is 5.56 Å². The molecule has 2 aromatic rings. The van der Waals surface area contributed by atoms with Crippen molar-refractivity contribution in [2.24, 2.45) is 0 Å². The van der Waals surface area contributed by atoms with Gasteiger partial charge in [-0.25, -0.2) is 9.97 Å². The molecular weight excluding hydrogens is 186 g/mol. The van der Waals surface area contributed by atoms with E-state index in [4.69, 9.17) is 17.3 Å². The standard InChI is InChI=1S/C9H8ClN3/c1-5-4-8(11)13-9-6(5)2-3-7(10)12-9/h2-4H,1H3,(H2,11,12,13). The summed E-state index contributed by atoms with van der Waals surface area (Å²) in [6.07, 6.45) is 0. The molecule has 2 N–H and O–H groups in total. The minimum atomic E-state index is 0.435. The Kier molecular flexibility index (Phi) is 1.81. The summed E-state index contributed by atoms with van der Waals surface area (Å²) < 4.78 is 0. The summed E-state index contributed by atoms with van der Waals surface area (Å²) in [4.78, 5) is 8.15. The fraction of sp³-hybridized carbons (Fsp3) is 0.111. The van der Waals surface area contributed by atoms with Crippen LogP contribution < -0.4 is 5.73 Å². The van der Waals surface area contributed by atoms with Crippen LogP contribution in [0.3, 0.4) is 0 Å². The number of rotatable bonds is 0. The molecule has 0 saturated heterocycles. The molecule has 0 atom stereocenters. The molecule has 2 rings (SSSR count). The van der Waals surface area contributed by atoms with Gasteiger partial charge in [0.05, 0.1) is 0 Å². The van der Waals surface area contributed by atoms with E-state index in [1.165, 1.54) is 0 Å². The number of halogens is 1. The van der Waals surface area contributed by atoms with Crippen molar-refractivity contribution in [3.8, 4) is 0 Å². The van der Waals surface area contributed by atoms with Crippen LogP contribution in [0.25, 0.3) is 11.0 Å². The summed E-state index contributed by atoms with van der Waals surface area (Å²) in [7, 11) is 0. The minimum Gasteiger partial charge on any atom is -0.384 e. The van der Waals surface area contributed by atoms with E-state index in [-0.39, 0.29) is 0 Å². The molecule has 3 nitrogen and oxygen atoms in total. The maximum absolute atomic E-state index is 5.73. The predicted molar refractivity (Wildman–Crippen MR) is 53.7 cm³/mol. The number of nitrogen functional groups attached to an aromatic ring is 1. The highest BCUT2D eigenvalue weighted by molar-refractivity contribution is 6.29. The van der Waals surface area contributed by atoms with Crippen molar-refractivity contribution < 1.29 is 0 Å². The number of nitrogens with zero attached hydrogens (tertiary/aromatic N) is 2. The second kappa shape index (κ2) is 2.85. The molecule has 66 valence electrons. The Balaban J connectivity index is 2.86. The predicted octanol–water partition coefficient (Wildman–Crippen LogP) is 2.17. The topological polar surface area (TPSA) is 51.8 Å². The Morgan fingerprint density at radius 3 is 2.85 bits per heavy atom. The average molecular weight is 194 g/mol. The molecule has 0 aliphatic rings. The van der Waals surface area contributed by atoms with Gasteiger partial charge in [0.2, 0.25) is 0 Å². The lowest BCUT2D eigenvalue weighted by Crippen LogP contribution is -1.94. The quantitative estimate of drug-likeness (QED) is 0.653. The Morgan fingerprint density at radius 2 is 2.08 bits per heavy atom. The first-order valence-electron chi connectivity index (χ1n) is 3.86. The van der Waals surface area contributed by atoms with Crippen LogP contribution in [0.4, 0.5) is 5.82 Å². The van der Waals surface area contributed by atoms with Crippen LogP contribution in [0, 0.1) is 6.92 Å². The van der Waals surface area contributed by atoms with E-state index in [2.05, 4.69) is 9.97 Å². The number of nitrogens with two attached hydrogens (primary N) is 1. The van der Waals surface area contributed by atoms with Gasteiger partial charge >= 0.3 is 0 Å². The number of aromatic nitrogens is 2. The lowest BCUT2D eigenvalue weighted by atomic mass is 10.2. The van der Waals surface area contributed by atoms with Crippen molar-refractivity contribution in [3.05, 3.63) is 28.9 Å². The Labute approximate surface area is 80.6 Å². The van der Waals surface area contributed by atoms with Crippen molar-refractivity contribution in [3.63, 3.8) is 0 Å². The van der Waals surface area contributed by atoms with Gasteiger partial charge in [0.1, 0.15) is 11.0 Å². The second-order valence-electron chi connectivity index (χ2n) is 2.87. The van der Waals surface area contributed by atoms with Crippen LogP contribution >= 0.6 is 11.6 Å². The van der Waals surface area contributed by atoms with Crippen LogP contribution in [0.2, 0.25) is 5.15 Å². The molecule has 4 heteroatoms. The van der Waals surface area contributed by atoms with E-state index >= 15 is 0 Å². The number of anilines is 1. The largest absolute Gasteiger partial charge is 0.384 e. The third kappa shape index (κ3) is 1.42. The van der Waals surface area contributed by atoms with Gasteiger partial charge < -0.3 is 5.73 Å². The fourth-order valence-corrected chi connectivity index (χ4v) is 1.42. The van der Waals surface area contributed by atoms with E-state index in [1.807, 2.05) is 19.1 Å². The Bertz CT molecular complexity index is 462. The van der Waals surface area contributed by atoms with Crippen LogP contribution in [0.15, 0.2) is 18.2 Å². The highest BCUT2D eigenvalue weighted by atomic mass is 35.5. The third-order valence-electron chi connectivity index (χ3n) is 1.87. The number of aryl methyl sites for hydroxylation is 1. The summed E-state index contributed by atoms with van der Waals surface area (Å²) in [5.41, 5.74) is 7.24. The first-order valence-corrected chi connectivity index (χ1v) is 4.24. The van der Waals surface area contributed by atoms with Gasteiger partial charge in [0.25, 0.3) is 0 Å². The molecular formula is C9H8ClN3. The van der Waals surface area contributed by atoms with Crippen molar-refractivity contribution in [2.45, 2.75) is 6.92 Å². The molecule has 13 heavy (non-hydrogen) atoms. The molecule has 2 aromatic heterocycles. The number of fused-ring (bicyclic) bond motifs is 1. The normalized spacial score (nSPS) is 10.6. The van der Waals surface area contributed by atoms with Crippen molar-refractivity contribution in [1.29, 1.82) is 0 Å². The maximum atomic E-state index is 5.73. The fourth-order valence-electron chi connectivity index (χ4n) is 1.27. The summed E-state index contributed by atoms with van der Waals surface area (Å²) in [6, 6.07) is 5.46. The molecule has 2 heterocycles. The van der Waals surface area contributed by atoms with Gasteiger partial charge in [0, 0.05) is 5.39 Å². The molecule has 0 fully saturated rings. The van der Waals surface area contributed by atoms with Crippen molar-refractivity contribution in [2.75, 3.05) is 5.73 Å². The van der Waals surface area contributed by atoms with Gasteiger partial charge in [-0.15, -0.1) is 0 Å². The van der Waals surface area contributed by atoms with E-state index in [9.17, 15) is 0 Å². The van der Waals surface area contributed by atoms with Crippen LogP contribution in [0.5, 0.6) is 0 Å². The molecule has 0 amide bonds. The number of hydrogen-bond acceptors (Lipinski definition) is 3. The SMILES string of the molecule is Cc1cc(N)nc2nc(Cl)ccc12. The van der Waals surface area contributed by atoms with E-state index in [1.54, 1.807) is 6.07 Å². The van der Waals surface area contributed by atoms with Gasteiger partial charge in [-0.3, -0.25) is 0 Å². The molecule has 0 saturated carbocycles. The van der Waals surface area contributed by atoms with E-state index < -0.39 is 0 Å². The summed E-state index contributed by atoms with van der Waals surface area (Å²) in [6.45, 7) is 1.97. The zero-order valence-electron chi connectivity index (χ0n) is 7.08. The Morgan fingerprint density at radius 1 is 1.31 bits per heavy atom. The molecule has 0 aliphatic carbocycles. The van der Waals surface area contributed by atoms with Gasteiger partial charge in [0.15, 0.2) is 5.65 Å². The first kappa shape index (κ1) is 8.26. The molecule has 0 unspecified atom stereocenters. The van der Waals surface area contributed by atoms with E-state index in [0.717, 1.165) is 10.9 Å². The zero-order valence-corrected chi connectivity index (χ0v) is 7.84. The second-order valence-corrected chi connectivity index (χ2v) is 3.26. The smallest absolute Gasteiger partial charge is 0.163 e. The first-order chi connectivity index (χ1) is 6.16. The van der Waals surface area contributed by atoms with Crippen LogP contribution in [-0.4, -0.2) is 9.97 Å². The molecule has 0 aliphatic heterocycles. The molecule has 0 radical (unpaired) electrons. The van der Waals surface area contributed by atoms with Crippen molar-refractivity contribution >= 4 is 28.5 Å². The monoisotopic (exact) mass is 193 g/mol. The highest BCUT2D eigenvalue weighted by Crippen LogP contribution is 2.18. The summed E-state index contributed by atoms with van der Waals surface area (Å²) in [5.74, 6) is 0.472. The van der Waals surface area contributed by atoms with Gasteiger partial charge in [-0.2, -0.15) is 0 Å². The number of hydrogen-bond donors (Lipinski definition) is 1. The van der Waals surface area contributed by atoms with Gasteiger partial charge in [-0.1, -0.05) is 11.6 Å². The van der Waals surface area contributed by atoms with E-state index in [0.29, 0.717) is 16.6 Å². The lowest BCUT2D eigenvalue weighted by molar-refractivity contribution is 1.27. The van der Waals surface area contributed by atoms with Crippen molar-refractivity contribution in [1.82, 2.24) is 9.97 Å². The minimum absolute atomic E-state index is 0.435. The number of pyridine rings is 2. The summed E-state index contributed by atoms with van der Waals surface area (Å²) in [5, 5.41) is 1.42. The third-order valence-corrected chi connectivity index (χ3v) is 2.08. The molecule has 0 bridgehead atoms. The lowest BCUT2D eigenvalue weighted by Gasteiger charge is -2.01.